The fraction of sp³-hybridized carbons (Fsp3) is 0.294. The number of rotatable bonds is 17. The van der Waals surface area contributed by atoms with Crippen LogP contribution < -0.4 is 26.4 Å². The number of aliphatic hydroxyl groups excluding tert-OH is 1. The maximum absolute atomic E-state index is 13.2. The molecule has 1 saturated heterocycles. The molecule has 332 valence electrons. The van der Waals surface area contributed by atoms with Crippen molar-refractivity contribution in [2.24, 2.45) is 0 Å². The third kappa shape index (κ3) is 12.2. The molecule has 1 fully saturated rings. The van der Waals surface area contributed by atoms with Crippen LogP contribution in [-0.2, 0) is 33.7 Å². The summed E-state index contributed by atoms with van der Waals surface area (Å²) in [5.74, 6) is -0.169. The molecule has 0 bridgehead atoms. The monoisotopic (exact) mass is 864 g/mol. The number of aliphatic hydroxyl groups is 1. The molecule has 13 nitrogen and oxygen atoms in total. The number of anilines is 2. The van der Waals surface area contributed by atoms with Crippen molar-refractivity contribution in [2.75, 3.05) is 43.4 Å². The lowest BCUT2D eigenvalue weighted by atomic mass is 10.0. The fourth-order valence-electron chi connectivity index (χ4n) is 8.12. The number of hydrogen-bond donors (Lipinski definition) is 6. The van der Waals surface area contributed by atoms with E-state index in [2.05, 4.69) is 31.9 Å². The van der Waals surface area contributed by atoms with Crippen LogP contribution in [0.1, 0.15) is 54.5 Å². The number of aromatic amines is 1. The van der Waals surface area contributed by atoms with Crippen molar-refractivity contribution < 1.29 is 29.3 Å². The first-order valence-corrected chi connectivity index (χ1v) is 21.8. The Labute approximate surface area is 373 Å². The summed E-state index contributed by atoms with van der Waals surface area (Å²) in [6, 6.07) is 39.2. The van der Waals surface area contributed by atoms with Crippen molar-refractivity contribution in [1.82, 2.24) is 20.5 Å². The third-order valence-corrected chi connectivity index (χ3v) is 11.7. The number of ether oxygens (including phenoxy) is 1. The van der Waals surface area contributed by atoms with E-state index in [1.807, 2.05) is 104 Å². The van der Waals surface area contributed by atoms with Crippen molar-refractivity contribution in [2.45, 2.75) is 63.8 Å². The number of hydrogen-bond acceptors (Lipinski definition) is 9. The summed E-state index contributed by atoms with van der Waals surface area (Å²) >= 11 is 0. The maximum Gasteiger partial charge on any atom is 0.411 e. The van der Waals surface area contributed by atoms with Gasteiger partial charge in [0.25, 0.3) is 0 Å². The average Bonchev–Trinajstić information content (AvgIpc) is 3.30. The zero-order valence-corrected chi connectivity index (χ0v) is 36.3. The van der Waals surface area contributed by atoms with Gasteiger partial charge in [0.05, 0.1) is 23.7 Å². The van der Waals surface area contributed by atoms with Crippen molar-refractivity contribution in [3.05, 3.63) is 160 Å². The number of phenols is 1. The van der Waals surface area contributed by atoms with E-state index in [0.717, 1.165) is 46.6 Å². The van der Waals surface area contributed by atoms with Gasteiger partial charge in [0, 0.05) is 74.9 Å². The molecular formula is C51H56N6O7. The number of nitrogens with one attached hydrogen (secondary N) is 4. The molecule has 1 aromatic heterocycles. The highest BCUT2D eigenvalue weighted by Crippen LogP contribution is 2.30. The molecule has 0 saturated carbocycles. The fourth-order valence-corrected chi connectivity index (χ4v) is 8.12. The second-order valence-electron chi connectivity index (χ2n) is 16.4. The molecule has 0 unspecified atom stereocenters. The van der Waals surface area contributed by atoms with Crippen molar-refractivity contribution in [3.63, 3.8) is 0 Å². The molecular weight excluding hydrogens is 809 g/mol. The van der Waals surface area contributed by atoms with Crippen LogP contribution >= 0.6 is 0 Å². The SMILES string of the molecule is C[C@@H](Cc1cccc(CNC(=O)Cc2ccc(N(C)C(=O)CCN3CCC(OC(=O)Nc4ccccc4-c4ccccc4)CC3)cc2)c1)NC[C@H](O)c1ccc(O)c2[nH]c(=O)ccc12. The van der Waals surface area contributed by atoms with Crippen LogP contribution in [0.4, 0.5) is 16.2 Å². The number of piperidine rings is 1. The number of nitrogens with zero attached hydrogens (tertiary/aromatic N) is 2. The zero-order chi connectivity index (χ0) is 45.0. The van der Waals surface area contributed by atoms with Gasteiger partial charge in [-0.25, -0.2) is 4.79 Å². The predicted octanol–water partition coefficient (Wildman–Crippen LogP) is 7.08. The minimum atomic E-state index is -0.857. The summed E-state index contributed by atoms with van der Waals surface area (Å²) in [7, 11) is 1.76. The summed E-state index contributed by atoms with van der Waals surface area (Å²) in [4.78, 5) is 57.2. The molecule has 3 amide bonds. The molecule has 5 aromatic carbocycles. The molecule has 13 heteroatoms. The van der Waals surface area contributed by atoms with Crippen LogP contribution in [0, 0.1) is 0 Å². The van der Waals surface area contributed by atoms with Crippen molar-refractivity contribution >= 4 is 40.2 Å². The van der Waals surface area contributed by atoms with E-state index in [1.165, 1.54) is 12.1 Å². The van der Waals surface area contributed by atoms with Gasteiger partial charge in [-0.2, -0.15) is 0 Å². The van der Waals surface area contributed by atoms with E-state index < -0.39 is 12.2 Å². The number of H-pyrrole nitrogens is 1. The summed E-state index contributed by atoms with van der Waals surface area (Å²) in [5.41, 5.74) is 6.86. The molecule has 2 heterocycles. The van der Waals surface area contributed by atoms with E-state index >= 15 is 0 Å². The van der Waals surface area contributed by atoms with Crippen molar-refractivity contribution in [3.8, 4) is 16.9 Å². The predicted molar refractivity (Wildman–Crippen MR) is 250 cm³/mol. The highest BCUT2D eigenvalue weighted by molar-refractivity contribution is 5.93. The zero-order valence-electron chi connectivity index (χ0n) is 36.3. The Kier molecular flexibility index (Phi) is 15.2. The van der Waals surface area contributed by atoms with Crippen LogP contribution in [0.3, 0.4) is 0 Å². The minimum absolute atomic E-state index is 0.00676. The molecule has 7 rings (SSSR count). The number of amides is 3. The van der Waals surface area contributed by atoms with Gasteiger partial charge < -0.3 is 40.4 Å². The number of likely N-dealkylation sites (tertiary alicyclic amines) is 1. The molecule has 0 radical (unpaired) electrons. The van der Waals surface area contributed by atoms with Crippen LogP contribution in [0.5, 0.6) is 5.75 Å². The van der Waals surface area contributed by atoms with Gasteiger partial charge in [0.1, 0.15) is 11.9 Å². The number of carbonyl (C=O) groups excluding carboxylic acids is 3. The number of pyridine rings is 1. The van der Waals surface area contributed by atoms with Crippen molar-refractivity contribution in [1.29, 1.82) is 0 Å². The molecule has 6 aromatic rings. The Morgan fingerprint density at radius 3 is 2.38 bits per heavy atom. The molecule has 0 aliphatic carbocycles. The largest absolute Gasteiger partial charge is 0.506 e. The van der Waals surface area contributed by atoms with E-state index in [0.29, 0.717) is 60.9 Å². The Morgan fingerprint density at radius 2 is 1.59 bits per heavy atom. The Bertz CT molecular complexity index is 2590. The lowest BCUT2D eigenvalue weighted by molar-refractivity contribution is -0.120. The Morgan fingerprint density at radius 1 is 0.859 bits per heavy atom. The van der Waals surface area contributed by atoms with Gasteiger partial charge in [-0.3, -0.25) is 19.7 Å². The normalized spacial score (nSPS) is 14.1. The molecule has 6 N–H and O–H groups in total. The Hall–Kier alpha value is -6.80. The van der Waals surface area contributed by atoms with Gasteiger partial charge in [-0.15, -0.1) is 0 Å². The minimum Gasteiger partial charge on any atom is -0.506 e. The number of para-hydroxylation sites is 1. The molecule has 2 atom stereocenters. The second-order valence-corrected chi connectivity index (χ2v) is 16.4. The number of carbonyl (C=O) groups is 3. The lowest BCUT2D eigenvalue weighted by Gasteiger charge is -2.31. The van der Waals surface area contributed by atoms with Gasteiger partial charge in [-0.05, 0) is 84.3 Å². The quantitative estimate of drug-likeness (QED) is 0.0560. The number of benzene rings is 5. The first-order chi connectivity index (χ1) is 31.0. The first kappa shape index (κ1) is 45.2. The van der Waals surface area contributed by atoms with Gasteiger partial charge in [-0.1, -0.05) is 91.0 Å². The summed E-state index contributed by atoms with van der Waals surface area (Å²) in [6.45, 7) is 4.76. The summed E-state index contributed by atoms with van der Waals surface area (Å²) in [6.07, 6.45) is 1.12. The highest BCUT2D eigenvalue weighted by Gasteiger charge is 2.24. The number of aromatic hydroxyl groups is 1. The molecule has 1 aliphatic heterocycles. The first-order valence-electron chi connectivity index (χ1n) is 21.8. The number of fused-ring (bicyclic) bond motifs is 1. The maximum atomic E-state index is 13.2. The van der Waals surface area contributed by atoms with Crippen LogP contribution in [0.25, 0.3) is 22.0 Å². The summed E-state index contributed by atoms with van der Waals surface area (Å²) in [5, 5.41) is 31.0. The molecule has 0 spiro atoms. The smallest absolute Gasteiger partial charge is 0.411 e. The van der Waals surface area contributed by atoms with Gasteiger partial charge in [0.15, 0.2) is 0 Å². The van der Waals surface area contributed by atoms with E-state index in [1.54, 1.807) is 24.1 Å². The standard InChI is InChI=1S/C51H56N6O7/c1-34(52-33-46(59)42-19-21-45(58)50-43(42)20-22-47(60)55-50)29-36-9-8-10-37(30-36)32-53-48(61)31-35-15-17-39(18-16-35)56(2)49(62)25-28-57-26-23-40(24-27-57)64-51(63)54-44-14-7-6-13-41(44)38-11-4-3-5-12-38/h3-22,30,34,40,46,52,58-59H,23-29,31-33H2,1-2H3,(H,53,61)(H,54,63)(H,55,60)/t34-,46-/m0/s1. The van der Waals surface area contributed by atoms with Crippen LogP contribution in [0.2, 0.25) is 0 Å². The van der Waals surface area contributed by atoms with E-state index in [9.17, 15) is 29.4 Å². The number of phenolic OH excluding ortho intramolecular Hbond substituents is 1. The van der Waals surface area contributed by atoms with E-state index in [4.69, 9.17) is 4.74 Å². The molecule has 64 heavy (non-hydrogen) atoms. The van der Waals surface area contributed by atoms with Gasteiger partial charge >= 0.3 is 6.09 Å². The highest BCUT2D eigenvalue weighted by atomic mass is 16.6. The second kappa shape index (κ2) is 21.5. The van der Waals surface area contributed by atoms with Crippen LogP contribution in [-0.4, -0.2) is 83.4 Å². The molecule has 1 aliphatic rings. The lowest BCUT2D eigenvalue weighted by Crippen LogP contribution is -2.40. The van der Waals surface area contributed by atoms with Crippen LogP contribution in [0.15, 0.2) is 132 Å². The van der Waals surface area contributed by atoms with Gasteiger partial charge in [0.2, 0.25) is 17.4 Å². The topological polar surface area (TPSA) is 176 Å². The van der Waals surface area contributed by atoms with E-state index in [-0.39, 0.29) is 48.2 Å². The Balaban J connectivity index is 0.790. The summed E-state index contributed by atoms with van der Waals surface area (Å²) < 4.78 is 5.78. The third-order valence-electron chi connectivity index (χ3n) is 11.7. The number of aromatic nitrogens is 1. The average molecular weight is 865 g/mol.